The van der Waals surface area contributed by atoms with E-state index in [2.05, 4.69) is 23.7 Å². The third-order valence-electron chi connectivity index (χ3n) is 4.88. The van der Waals surface area contributed by atoms with Gasteiger partial charge in [-0.2, -0.15) is 0 Å². The molecule has 2 atom stereocenters. The molecule has 5 heteroatoms. The summed E-state index contributed by atoms with van der Waals surface area (Å²) in [6, 6.07) is 0.266. The summed E-state index contributed by atoms with van der Waals surface area (Å²) in [6.45, 7) is 9.66. The van der Waals surface area contributed by atoms with Crippen molar-refractivity contribution in [3.05, 3.63) is 12.2 Å². The molecule has 0 aromatic carbocycles. The first kappa shape index (κ1) is 17.3. The predicted octanol–water partition coefficient (Wildman–Crippen LogP) is 1.83. The molecule has 2 unspecified atom stereocenters. The number of piperidine rings is 1. The molecule has 5 nitrogen and oxygen atoms in total. The molecular weight excluding hydrogens is 278 g/mol. The molecule has 1 aliphatic heterocycles. The number of aliphatic hydroxyl groups is 1. The Morgan fingerprint density at radius 2 is 2.00 bits per heavy atom. The summed E-state index contributed by atoms with van der Waals surface area (Å²) in [7, 11) is 1.83. The number of aliphatic hydroxyl groups excluding tert-OH is 1. The molecule has 1 saturated heterocycles. The number of rotatable bonds is 5. The minimum Gasteiger partial charge on any atom is -0.393 e. The Morgan fingerprint density at radius 3 is 2.55 bits per heavy atom. The molecule has 1 aliphatic carbocycles. The van der Waals surface area contributed by atoms with Gasteiger partial charge in [-0.25, -0.2) is 4.79 Å². The van der Waals surface area contributed by atoms with E-state index in [0.717, 1.165) is 51.7 Å². The highest BCUT2D eigenvalue weighted by Crippen LogP contribution is 2.26. The van der Waals surface area contributed by atoms with Crippen LogP contribution in [0.1, 0.15) is 39.0 Å². The molecule has 1 saturated carbocycles. The van der Waals surface area contributed by atoms with Crippen molar-refractivity contribution in [2.75, 3.05) is 33.2 Å². The quantitative estimate of drug-likeness (QED) is 0.762. The van der Waals surface area contributed by atoms with Crippen LogP contribution in [0.5, 0.6) is 0 Å². The first-order chi connectivity index (χ1) is 10.5. The Bertz CT molecular complexity index is 391. The van der Waals surface area contributed by atoms with Crippen LogP contribution < -0.4 is 5.32 Å². The Hall–Kier alpha value is -1.07. The second-order valence-corrected chi connectivity index (χ2v) is 7.10. The van der Waals surface area contributed by atoms with Crippen LogP contribution in [0.3, 0.4) is 0 Å². The number of hydrogen-bond donors (Lipinski definition) is 2. The lowest BCUT2D eigenvalue weighted by Crippen LogP contribution is -2.49. The average molecular weight is 309 g/mol. The van der Waals surface area contributed by atoms with Gasteiger partial charge in [0.05, 0.1) is 6.10 Å². The average Bonchev–Trinajstić information content (AvgIpc) is 2.86. The van der Waals surface area contributed by atoms with Gasteiger partial charge < -0.3 is 15.3 Å². The highest BCUT2D eigenvalue weighted by molar-refractivity contribution is 5.74. The van der Waals surface area contributed by atoms with Gasteiger partial charge in [0, 0.05) is 45.2 Å². The van der Waals surface area contributed by atoms with Gasteiger partial charge in [-0.3, -0.25) is 4.90 Å². The van der Waals surface area contributed by atoms with E-state index < -0.39 is 0 Å². The van der Waals surface area contributed by atoms with E-state index in [1.807, 2.05) is 7.05 Å². The highest BCUT2D eigenvalue weighted by atomic mass is 16.3. The molecule has 126 valence electrons. The van der Waals surface area contributed by atoms with Crippen LogP contribution in [-0.2, 0) is 0 Å². The SMILES string of the molecule is C=C(C)CN1CCC(NC(=O)N(C)CC2CCCC2O)CC1. The fourth-order valence-corrected chi connectivity index (χ4v) is 3.57. The maximum atomic E-state index is 12.3. The number of nitrogens with one attached hydrogen (secondary N) is 1. The highest BCUT2D eigenvalue weighted by Gasteiger charge is 2.28. The van der Waals surface area contributed by atoms with E-state index in [1.165, 1.54) is 5.57 Å². The molecule has 0 radical (unpaired) electrons. The van der Waals surface area contributed by atoms with E-state index in [-0.39, 0.29) is 24.1 Å². The minimum absolute atomic E-state index is 0.00236. The second-order valence-electron chi connectivity index (χ2n) is 7.10. The van der Waals surface area contributed by atoms with Crippen LogP contribution in [0.25, 0.3) is 0 Å². The third-order valence-corrected chi connectivity index (χ3v) is 4.88. The smallest absolute Gasteiger partial charge is 0.317 e. The second kappa shape index (κ2) is 7.97. The summed E-state index contributed by atoms with van der Waals surface area (Å²) in [5.74, 6) is 0.244. The maximum absolute atomic E-state index is 12.3. The molecule has 0 spiro atoms. The first-order valence-electron chi connectivity index (χ1n) is 8.52. The number of hydrogen-bond acceptors (Lipinski definition) is 3. The number of carbonyl (C=O) groups is 1. The van der Waals surface area contributed by atoms with Crippen molar-refractivity contribution in [2.24, 2.45) is 5.92 Å². The zero-order valence-electron chi connectivity index (χ0n) is 14.1. The van der Waals surface area contributed by atoms with Gasteiger partial charge >= 0.3 is 6.03 Å². The van der Waals surface area contributed by atoms with Crippen LogP contribution >= 0.6 is 0 Å². The van der Waals surface area contributed by atoms with Crippen molar-refractivity contribution >= 4 is 6.03 Å². The lowest BCUT2D eigenvalue weighted by molar-refractivity contribution is 0.112. The van der Waals surface area contributed by atoms with Crippen LogP contribution in [-0.4, -0.2) is 66.3 Å². The molecule has 0 aromatic rings. The van der Waals surface area contributed by atoms with Crippen LogP contribution in [0, 0.1) is 5.92 Å². The Kier molecular flexibility index (Phi) is 6.26. The molecule has 1 heterocycles. The zero-order chi connectivity index (χ0) is 16.1. The van der Waals surface area contributed by atoms with Crippen molar-refractivity contribution in [3.63, 3.8) is 0 Å². The third kappa shape index (κ3) is 4.99. The summed E-state index contributed by atoms with van der Waals surface area (Å²) in [5.41, 5.74) is 1.19. The lowest BCUT2D eigenvalue weighted by Gasteiger charge is -2.33. The zero-order valence-corrected chi connectivity index (χ0v) is 14.1. The molecule has 2 N–H and O–H groups in total. The van der Waals surface area contributed by atoms with Gasteiger partial charge in [0.1, 0.15) is 0 Å². The number of nitrogens with zero attached hydrogens (tertiary/aromatic N) is 2. The molecule has 0 aromatic heterocycles. The Morgan fingerprint density at radius 1 is 1.32 bits per heavy atom. The van der Waals surface area contributed by atoms with Crippen molar-refractivity contribution in [2.45, 2.75) is 51.2 Å². The minimum atomic E-state index is -0.236. The molecular formula is C17H31N3O2. The molecule has 2 amide bonds. The van der Waals surface area contributed by atoms with E-state index in [1.54, 1.807) is 4.90 Å². The first-order valence-corrected chi connectivity index (χ1v) is 8.52. The summed E-state index contributed by atoms with van der Waals surface area (Å²) in [4.78, 5) is 16.4. The summed E-state index contributed by atoms with van der Waals surface area (Å²) in [6.07, 6.45) is 4.74. The van der Waals surface area contributed by atoms with Crippen molar-refractivity contribution in [1.29, 1.82) is 0 Å². The van der Waals surface area contributed by atoms with Crippen molar-refractivity contribution in [1.82, 2.24) is 15.1 Å². The lowest BCUT2D eigenvalue weighted by atomic mass is 10.0. The molecule has 2 aliphatic rings. The van der Waals surface area contributed by atoms with Crippen LogP contribution in [0.4, 0.5) is 4.79 Å². The van der Waals surface area contributed by atoms with Crippen molar-refractivity contribution in [3.8, 4) is 0 Å². The molecule has 2 fully saturated rings. The van der Waals surface area contributed by atoms with E-state index >= 15 is 0 Å². The predicted molar refractivity (Wildman–Crippen MR) is 88.8 cm³/mol. The summed E-state index contributed by atoms with van der Waals surface area (Å²) in [5, 5.41) is 13.0. The Labute approximate surface area is 134 Å². The standard InChI is InChI=1S/C17H31N3O2/c1-13(2)11-20-9-7-15(8-10-20)18-17(22)19(3)12-14-5-4-6-16(14)21/h14-16,21H,1,4-12H2,2-3H3,(H,18,22). The largest absolute Gasteiger partial charge is 0.393 e. The molecule has 2 rings (SSSR count). The van der Waals surface area contributed by atoms with Gasteiger partial charge in [-0.1, -0.05) is 18.6 Å². The Balaban J connectivity index is 1.69. The van der Waals surface area contributed by atoms with E-state index in [4.69, 9.17) is 0 Å². The van der Waals surface area contributed by atoms with Gasteiger partial charge in [-0.15, -0.1) is 0 Å². The molecule has 22 heavy (non-hydrogen) atoms. The van der Waals surface area contributed by atoms with Crippen LogP contribution in [0.2, 0.25) is 0 Å². The van der Waals surface area contributed by atoms with Gasteiger partial charge in [-0.05, 0) is 32.6 Å². The number of amides is 2. The van der Waals surface area contributed by atoms with Crippen molar-refractivity contribution < 1.29 is 9.90 Å². The van der Waals surface area contributed by atoms with Gasteiger partial charge in [0.25, 0.3) is 0 Å². The fraction of sp³-hybridized carbons (Fsp3) is 0.824. The number of carbonyl (C=O) groups excluding carboxylic acids is 1. The normalized spacial score (nSPS) is 26.9. The van der Waals surface area contributed by atoms with Gasteiger partial charge in [0.15, 0.2) is 0 Å². The van der Waals surface area contributed by atoms with E-state index in [0.29, 0.717) is 6.54 Å². The maximum Gasteiger partial charge on any atom is 0.317 e. The van der Waals surface area contributed by atoms with Gasteiger partial charge in [0.2, 0.25) is 0 Å². The van der Waals surface area contributed by atoms with E-state index in [9.17, 15) is 9.90 Å². The van der Waals surface area contributed by atoms with Crippen LogP contribution in [0.15, 0.2) is 12.2 Å². The monoisotopic (exact) mass is 309 g/mol. The fourth-order valence-electron chi connectivity index (χ4n) is 3.57. The number of likely N-dealkylation sites (tertiary alicyclic amines) is 1. The topological polar surface area (TPSA) is 55.8 Å². The number of urea groups is 1. The summed E-state index contributed by atoms with van der Waals surface area (Å²) >= 11 is 0. The summed E-state index contributed by atoms with van der Waals surface area (Å²) < 4.78 is 0. The molecule has 0 bridgehead atoms.